The third kappa shape index (κ3) is 3.58. The van der Waals surface area contributed by atoms with Crippen molar-refractivity contribution in [2.24, 2.45) is 0 Å². The van der Waals surface area contributed by atoms with Crippen LogP contribution in [0.25, 0.3) is 0 Å². The molecule has 0 bridgehead atoms. The molecule has 0 radical (unpaired) electrons. The minimum Gasteiger partial charge on any atom is -0.381 e. The quantitative estimate of drug-likeness (QED) is 0.751. The summed E-state index contributed by atoms with van der Waals surface area (Å²) in [5, 5.41) is 4.00. The van der Waals surface area contributed by atoms with Crippen LogP contribution < -0.4 is 10.5 Å². The monoisotopic (exact) mass is 436 g/mol. The Labute approximate surface area is 140 Å². The first-order chi connectivity index (χ1) is 9.85. The molecule has 2 aromatic rings. The highest BCUT2D eigenvalue weighted by molar-refractivity contribution is 9.11. The van der Waals surface area contributed by atoms with Gasteiger partial charge in [-0.25, -0.2) is 8.42 Å². The first-order valence-electron chi connectivity index (χ1n) is 6.15. The number of para-hydroxylation sites is 1. The second kappa shape index (κ2) is 6.37. The van der Waals surface area contributed by atoms with E-state index in [1.165, 1.54) is 10.9 Å². The average Bonchev–Trinajstić information content (AvgIpc) is 2.76. The third-order valence-electron chi connectivity index (χ3n) is 2.70. The number of hydrogen-bond donors (Lipinski definition) is 2. The Morgan fingerprint density at radius 1 is 1.33 bits per heavy atom. The van der Waals surface area contributed by atoms with E-state index in [1.54, 1.807) is 18.2 Å². The van der Waals surface area contributed by atoms with Gasteiger partial charge in [-0.05, 0) is 50.4 Å². The predicted octanol–water partition coefficient (Wildman–Crippen LogP) is 3.20. The number of aromatic nitrogens is 2. The molecule has 0 saturated heterocycles. The third-order valence-corrected chi connectivity index (χ3v) is 5.38. The molecule has 114 valence electrons. The van der Waals surface area contributed by atoms with E-state index in [-0.39, 0.29) is 10.7 Å². The number of rotatable bonds is 5. The van der Waals surface area contributed by atoms with Crippen LogP contribution in [0.3, 0.4) is 0 Å². The van der Waals surface area contributed by atoms with Crippen LogP contribution >= 0.6 is 31.9 Å². The van der Waals surface area contributed by atoms with Gasteiger partial charge in [-0.1, -0.05) is 13.0 Å². The van der Waals surface area contributed by atoms with Crippen LogP contribution in [0.5, 0.6) is 0 Å². The fourth-order valence-electron chi connectivity index (χ4n) is 1.75. The summed E-state index contributed by atoms with van der Waals surface area (Å²) in [4.78, 5) is -0.0291. The summed E-state index contributed by atoms with van der Waals surface area (Å²) in [6.45, 7) is 2.58. The van der Waals surface area contributed by atoms with Gasteiger partial charge in [0.25, 0.3) is 10.0 Å². The van der Waals surface area contributed by atoms with Crippen molar-refractivity contribution in [2.45, 2.75) is 24.8 Å². The van der Waals surface area contributed by atoms with Crippen molar-refractivity contribution in [3.63, 3.8) is 0 Å². The lowest BCUT2D eigenvalue weighted by Crippen LogP contribution is -2.14. The first-order valence-corrected chi connectivity index (χ1v) is 9.22. The molecule has 6 nitrogen and oxygen atoms in total. The first kappa shape index (κ1) is 16.3. The van der Waals surface area contributed by atoms with Crippen LogP contribution in [0, 0.1) is 0 Å². The van der Waals surface area contributed by atoms with Gasteiger partial charge in [0.05, 0.1) is 5.69 Å². The molecule has 0 atom stereocenters. The number of benzene rings is 1. The summed E-state index contributed by atoms with van der Waals surface area (Å²) < 4.78 is 30.2. The number of anilines is 2. The number of nitrogen functional groups attached to an aromatic ring is 1. The topological polar surface area (TPSA) is 90.0 Å². The Bertz CT molecular complexity index is 738. The summed E-state index contributed by atoms with van der Waals surface area (Å²) in [7, 11) is -3.80. The zero-order valence-electron chi connectivity index (χ0n) is 11.2. The highest BCUT2D eigenvalue weighted by Gasteiger charge is 2.23. The van der Waals surface area contributed by atoms with E-state index in [2.05, 4.69) is 41.7 Å². The van der Waals surface area contributed by atoms with Crippen LogP contribution in [-0.4, -0.2) is 18.2 Å². The SMILES string of the molecule is CCCn1cc(S(=O)(=O)Nc2c(Br)cccc2Br)c(N)n1. The number of nitrogens with zero attached hydrogens (tertiary/aromatic N) is 2. The molecule has 0 aliphatic heterocycles. The molecule has 0 unspecified atom stereocenters. The van der Waals surface area contributed by atoms with Crippen molar-refractivity contribution in [3.8, 4) is 0 Å². The van der Waals surface area contributed by atoms with E-state index in [0.29, 0.717) is 21.2 Å². The molecule has 0 aliphatic rings. The van der Waals surface area contributed by atoms with E-state index >= 15 is 0 Å². The van der Waals surface area contributed by atoms with Gasteiger partial charge < -0.3 is 5.73 Å². The number of sulfonamides is 1. The van der Waals surface area contributed by atoms with Gasteiger partial charge in [-0.2, -0.15) is 5.10 Å². The minimum atomic E-state index is -3.80. The second-order valence-corrected chi connectivity index (χ2v) is 7.70. The molecule has 3 N–H and O–H groups in total. The van der Waals surface area contributed by atoms with Crippen LogP contribution in [0.2, 0.25) is 0 Å². The van der Waals surface area contributed by atoms with Crippen molar-refractivity contribution in [2.75, 3.05) is 10.5 Å². The fraction of sp³-hybridized carbons (Fsp3) is 0.250. The number of nitrogens with two attached hydrogens (primary N) is 1. The number of halogens is 2. The molecule has 0 spiro atoms. The van der Waals surface area contributed by atoms with Gasteiger partial charge in [-0.15, -0.1) is 0 Å². The summed E-state index contributed by atoms with van der Waals surface area (Å²) in [5.74, 6) is -0.0147. The maximum absolute atomic E-state index is 12.5. The van der Waals surface area contributed by atoms with Gasteiger partial charge in [0.2, 0.25) is 0 Å². The van der Waals surface area contributed by atoms with Crippen LogP contribution in [0.4, 0.5) is 11.5 Å². The van der Waals surface area contributed by atoms with E-state index < -0.39 is 10.0 Å². The standard InChI is InChI=1S/C12H14Br2N4O2S/c1-2-6-18-7-10(12(15)16-18)21(19,20)17-11-8(13)4-3-5-9(11)14/h3-5,7,17H,2,6H2,1H3,(H2,15,16). The van der Waals surface area contributed by atoms with E-state index in [0.717, 1.165) is 6.42 Å². The van der Waals surface area contributed by atoms with Gasteiger partial charge in [-0.3, -0.25) is 9.40 Å². The van der Waals surface area contributed by atoms with Crippen LogP contribution in [0.15, 0.2) is 38.2 Å². The second-order valence-electron chi connectivity index (χ2n) is 4.34. The van der Waals surface area contributed by atoms with Gasteiger partial charge >= 0.3 is 0 Å². The Balaban J connectivity index is 2.39. The largest absolute Gasteiger partial charge is 0.381 e. The van der Waals surface area contributed by atoms with Crippen molar-refractivity contribution >= 4 is 53.4 Å². The van der Waals surface area contributed by atoms with Crippen molar-refractivity contribution in [3.05, 3.63) is 33.3 Å². The lowest BCUT2D eigenvalue weighted by Gasteiger charge is -2.10. The fourth-order valence-corrected chi connectivity index (χ4v) is 4.39. The highest BCUT2D eigenvalue weighted by Crippen LogP contribution is 2.33. The average molecular weight is 438 g/mol. The van der Waals surface area contributed by atoms with Crippen molar-refractivity contribution < 1.29 is 8.42 Å². The molecule has 1 aromatic heterocycles. The van der Waals surface area contributed by atoms with Gasteiger partial charge in [0.1, 0.15) is 4.90 Å². The molecule has 2 rings (SSSR count). The molecule has 9 heteroatoms. The van der Waals surface area contributed by atoms with E-state index in [1.807, 2.05) is 6.92 Å². The van der Waals surface area contributed by atoms with Crippen LogP contribution in [0.1, 0.15) is 13.3 Å². The van der Waals surface area contributed by atoms with Crippen molar-refractivity contribution in [1.29, 1.82) is 0 Å². The molecular formula is C12H14Br2N4O2S. The normalized spacial score (nSPS) is 11.6. The summed E-state index contributed by atoms with van der Waals surface area (Å²) in [6.07, 6.45) is 2.27. The molecule has 0 amide bonds. The zero-order chi connectivity index (χ0) is 15.6. The molecule has 0 fully saturated rings. The van der Waals surface area contributed by atoms with E-state index in [4.69, 9.17) is 5.73 Å². The van der Waals surface area contributed by atoms with Crippen LogP contribution in [-0.2, 0) is 16.6 Å². The highest BCUT2D eigenvalue weighted by atomic mass is 79.9. The molecule has 21 heavy (non-hydrogen) atoms. The van der Waals surface area contributed by atoms with Gasteiger partial charge in [0.15, 0.2) is 5.82 Å². The summed E-state index contributed by atoms with van der Waals surface area (Å²) >= 11 is 6.62. The lowest BCUT2D eigenvalue weighted by molar-refractivity contribution is 0.595. The maximum Gasteiger partial charge on any atom is 0.267 e. The Morgan fingerprint density at radius 2 is 1.95 bits per heavy atom. The lowest BCUT2D eigenvalue weighted by atomic mass is 10.3. The molecule has 1 aromatic carbocycles. The molecular weight excluding hydrogens is 424 g/mol. The molecule has 0 saturated carbocycles. The Hall–Kier alpha value is -1.06. The van der Waals surface area contributed by atoms with E-state index in [9.17, 15) is 8.42 Å². The molecule has 1 heterocycles. The van der Waals surface area contributed by atoms with Gasteiger partial charge in [0, 0.05) is 21.7 Å². The zero-order valence-corrected chi connectivity index (χ0v) is 15.2. The maximum atomic E-state index is 12.5. The smallest absolute Gasteiger partial charge is 0.267 e. The number of nitrogens with one attached hydrogen (secondary N) is 1. The van der Waals surface area contributed by atoms with Crippen molar-refractivity contribution in [1.82, 2.24) is 9.78 Å². The Morgan fingerprint density at radius 3 is 2.52 bits per heavy atom. The summed E-state index contributed by atoms with van der Waals surface area (Å²) in [6, 6.07) is 5.28. The number of aryl methyl sites for hydroxylation is 1. The minimum absolute atomic E-state index is 0.0147. The predicted molar refractivity (Wildman–Crippen MR) is 89.6 cm³/mol. The molecule has 0 aliphatic carbocycles. The summed E-state index contributed by atoms with van der Waals surface area (Å²) in [5.41, 5.74) is 6.13. The Kier molecular flexibility index (Phi) is 4.95. The number of hydrogen-bond acceptors (Lipinski definition) is 4.